The fraction of sp³-hybridized carbons (Fsp3) is 0.400. The van der Waals surface area contributed by atoms with Crippen LogP contribution in [0.5, 0.6) is 0 Å². The summed E-state index contributed by atoms with van der Waals surface area (Å²) >= 11 is 0. The molecular formula is C15H22N4. The van der Waals surface area contributed by atoms with Gasteiger partial charge in [0.15, 0.2) is 0 Å². The molecule has 0 aliphatic heterocycles. The number of rotatable bonds is 6. The summed E-state index contributed by atoms with van der Waals surface area (Å²) in [5.74, 6) is 0.914. The lowest BCUT2D eigenvalue weighted by Gasteiger charge is -2.18. The number of likely N-dealkylation sites (N-methyl/N-ethyl adjacent to an activating group) is 1. The van der Waals surface area contributed by atoms with Crippen molar-refractivity contribution in [2.75, 3.05) is 37.2 Å². The molecule has 4 nitrogen and oxygen atoms in total. The Hall–Kier alpha value is -1.81. The van der Waals surface area contributed by atoms with Gasteiger partial charge in [-0.05, 0) is 36.7 Å². The number of hydrogen-bond donors (Lipinski definition) is 2. The largest absolute Gasteiger partial charge is 0.399 e. The molecule has 0 bridgehead atoms. The zero-order valence-corrected chi connectivity index (χ0v) is 11.7. The van der Waals surface area contributed by atoms with Crippen LogP contribution in [0.4, 0.5) is 11.5 Å². The van der Waals surface area contributed by atoms with Crippen molar-refractivity contribution in [3.8, 4) is 0 Å². The van der Waals surface area contributed by atoms with E-state index in [1.165, 1.54) is 0 Å². The Morgan fingerprint density at radius 2 is 2.00 bits per heavy atom. The van der Waals surface area contributed by atoms with E-state index in [1.54, 1.807) is 0 Å². The van der Waals surface area contributed by atoms with E-state index in [0.717, 1.165) is 48.5 Å². The minimum absolute atomic E-state index is 0.771. The average molecular weight is 258 g/mol. The zero-order valence-electron chi connectivity index (χ0n) is 11.7. The Balaban J connectivity index is 2.10. The van der Waals surface area contributed by atoms with E-state index < -0.39 is 0 Å². The first-order valence-electron chi connectivity index (χ1n) is 6.85. The van der Waals surface area contributed by atoms with Crippen LogP contribution in [-0.2, 0) is 0 Å². The second-order valence-electron chi connectivity index (χ2n) is 4.59. The second-order valence-corrected chi connectivity index (χ2v) is 4.59. The molecule has 0 saturated carbocycles. The first-order valence-corrected chi connectivity index (χ1v) is 6.85. The number of fused-ring (bicyclic) bond motifs is 1. The van der Waals surface area contributed by atoms with Crippen LogP contribution >= 0.6 is 0 Å². The maximum Gasteiger partial charge on any atom is 0.133 e. The summed E-state index contributed by atoms with van der Waals surface area (Å²) in [5.41, 5.74) is 6.62. The van der Waals surface area contributed by atoms with Gasteiger partial charge in [0.25, 0.3) is 0 Å². The highest BCUT2D eigenvalue weighted by atomic mass is 15.1. The summed E-state index contributed by atoms with van der Waals surface area (Å²) in [7, 11) is 0. The molecule has 0 spiro atoms. The maximum atomic E-state index is 5.85. The van der Waals surface area contributed by atoms with Gasteiger partial charge in [0, 0.05) is 30.4 Å². The number of nitrogens with two attached hydrogens (primary N) is 1. The highest BCUT2D eigenvalue weighted by molar-refractivity contribution is 5.93. The normalized spacial score (nSPS) is 11.1. The zero-order chi connectivity index (χ0) is 13.7. The van der Waals surface area contributed by atoms with E-state index in [-0.39, 0.29) is 0 Å². The van der Waals surface area contributed by atoms with Gasteiger partial charge in [-0.3, -0.25) is 0 Å². The van der Waals surface area contributed by atoms with Crippen LogP contribution in [0.25, 0.3) is 10.8 Å². The number of benzene rings is 1. The average Bonchev–Trinajstić information content (AvgIpc) is 2.44. The van der Waals surface area contributed by atoms with Gasteiger partial charge in [-0.15, -0.1) is 0 Å². The summed E-state index contributed by atoms with van der Waals surface area (Å²) < 4.78 is 0. The van der Waals surface area contributed by atoms with E-state index in [1.807, 2.05) is 30.5 Å². The third kappa shape index (κ3) is 3.35. The lowest BCUT2D eigenvalue weighted by atomic mass is 10.1. The number of nitrogens with zero attached hydrogens (tertiary/aromatic N) is 2. The van der Waals surface area contributed by atoms with E-state index in [0.29, 0.717) is 0 Å². The Labute approximate surface area is 114 Å². The fourth-order valence-corrected chi connectivity index (χ4v) is 2.20. The molecule has 3 N–H and O–H groups in total. The van der Waals surface area contributed by atoms with Crippen molar-refractivity contribution in [1.82, 2.24) is 9.88 Å². The van der Waals surface area contributed by atoms with Crippen LogP contribution in [0.15, 0.2) is 30.5 Å². The predicted molar refractivity (Wildman–Crippen MR) is 82.4 cm³/mol. The van der Waals surface area contributed by atoms with Gasteiger partial charge < -0.3 is 16.0 Å². The quantitative estimate of drug-likeness (QED) is 0.782. The van der Waals surface area contributed by atoms with Crippen LogP contribution in [0.2, 0.25) is 0 Å². The molecule has 102 valence electrons. The second kappa shape index (κ2) is 6.38. The monoisotopic (exact) mass is 258 g/mol. The van der Waals surface area contributed by atoms with Gasteiger partial charge >= 0.3 is 0 Å². The molecule has 2 aromatic rings. The van der Waals surface area contributed by atoms with Crippen molar-refractivity contribution in [3.05, 3.63) is 30.5 Å². The first-order chi connectivity index (χ1) is 9.24. The number of nitrogens with one attached hydrogen (secondary N) is 1. The molecule has 0 fully saturated rings. The van der Waals surface area contributed by atoms with Crippen LogP contribution in [0.3, 0.4) is 0 Å². The summed E-state index contributed by atoms with van der Waals surface area (Å²) in [6.45, 7) is 8.43. The van der Waals surface area contributed by atoms with Crippen LogP contribution in [0.1, 0.15) is 13.8 Å². The SMILES string of the molecule is CCN(CC)CCNc1nccc2ccc(N)cc12. The first kappa shape index (κ1) is 13.6. The minimum atomic E-state index is 0.771. The molecule has 0 unspecified atom stereocenters. The molecule has 0 amide bonds. The van der Waals surface area contributed by atoms with Crippen LogP contribution in [0, 0.1) is 0 Å². The molecule has 1 heterocycles. The molecule has 0 saturated heterocycles. The molecule has 4 heteroatoms. The van der Waals surface area contributed by atoms with Crippen LogP contribution < -0.4 is 11.1 Å². The number of anilines is 2. The standard InChI is InChI=1S/C15H22N4/c1-3-19(4-2)10-9-18-15-14-11-13(16)6-5-12(14)7-8-17-15/h5-8,11H,3-4,9-10,16H2,1-2H3,(H,17,18). The number of hydrogen-bond acceptors (Lipinski definition) is 4. The van der Waals surface area contributed by atoms with Gasteiger partial charge in [-0.25, -0.2) is 4.98 Å². The Kier molecular flexibility index (Phi) is 4.58. The van der Waals surface area contributed by atoms with Gasteiger partial charge in [0.05, 0.1) is 0 Å². The summed E-state index contributed by atoms with van der Waals surface area (Å²) in [5, 5.41) is 5.65. The third-order valence-corrected chi connectivity index (χ3v) is 3.41. The summed E-state index contributed by atoms with van der Waals surface area (Å²) in [6, 6.07) is 7.93. The minimum Gasteiger partial charge on any atom is -0.399 e. The molecule has 19 heavy (non-hydrogen) atoms. The van der Waals surface area contributed by atoms with Crippen molar-refractivity contribution >= 4 is 22.3 Å². The topological polar surface area (TPSA) is 54.2 Å². The molecule has 2 rings (SSSR count). The van der Waals surface area contributed by atoms with Crippen molar-refractivity contribution in [2.24, 2.45) is 0 Å². The highest BCUT2D eigenvalue weighted by Crippen LogP contribution is 2.23. The van der Waals surface area contributed by atoms with Gasteiger partial charge in [0.2, 0.25) is 0 Å². The van der Waals surface area contributed by atoms with Crippen molar-refractivity contribution < 1.29 is 0 Å². The lowest BCUT2D eigenvalue weighted by molar-refractivity contribution is 0.316. The molecular weight excluding hydrogens is 236 g/mol. The van der Waals surface area contributed by atoms with Crippen molar-refractivity contribution in [3.63, 3.8) is 0 Å². The van der Waals surface area contributed by atoms with Crippen molar-refractivity contribution in [1.29, 1.82) is 0 Å². The number of nitrogen functional groups attached to an aromatic ring is 1. The molecule has 0 aliphatic rings. The van der Waals surface area contributed by atoms with Gasteiger partial charge in [0.1, 0.15) is 5.82 Å². The van der Waals surface area contributed by atoms with E-state index in [2.05, 4.69) is 29.0 Å². The molecule has 0 aliphatic carbocycles. The van der Waals surface area contributed by atoms with E-state index in [4.69, 9.17) is 5.73 Å². The third-order valence-electron chi connectivity index (χ3n) is 3.41. The Morgan fingerprint density at radius 3 is 2.74 bits per heavy atom. The molecule has 0 radical (unpaired) electrons. The van der Waals surface area contributed by atoms with E-state index in [9.17, 15) is 0 Å². The predicted octanol–water partition coefficient (Wildman–Crippen LogP) is 2.57. The molecule has 1 aromatic heterocycles. The van der Waals surface area contributed by atoms with Crippen molar-refractivity contribution in [2.45, 2.75) is 13.8 Å². The Bertz CT molecular complexity index is 535. The molecule has 1 aromatic carbocycles. The lowest BCUT2D eigenvalue weighted by Crippen LogP contribution is -2.28. The van der Waals surface area contributed by atoms with E-state index >= 15 is 0 Å². The molecule has 0 atom stereocenters. The smallest absolute Gasteiger partial charge is 0.133 e. The van der Waals surface area contributed by atoms with Gasteiger partial charge in [-0.1, -0.05) is 19.9 Å². The number of pyridine rings is 1. The summed E-state index contributed by atoms with van der Waals surface area (Å²) in [6.07, 6.45) is 1.83. The highest BCUT2D eigenvalue weighted by Gasteiger charge is 2.03. The van der Waals surface area contributed by atoms with Gasteiger partial charge in [-0.2, -0.15) is 0 Å². The summed E-state index contributed by atoms with van der Waals surface area (Å²) in [4.78, 5) is 6.79. The Morgan fingerprint density at radius 1 is 1.21 bits per heavy atom. The maximum absolute atomic E-state index is 5.85. The fourth-order valence-electron chi connectivity index (χ4n) is 2.20. The number of aromatic nitrogens is 1. The van der Waals surface area contributed by atoms with Crippen LogP contribution in [-0.4, -0.2) is 36.1 Å².